The SMILES string of the molecule is CCC(=O)N(CCCCCN1CCC(Cc2ccccc2)CC1)c1ccc(OC)cc1. The number of hydrogen-bond acceptors (Lipinski definition) is 3. The molecule has 0 unspecified atom stereocenters. The average Bonchev–Trinajstić information content (AvgIpc) is 2.83. The van der Waals surface area contributed by atoms with Gasteiger partial charge in [0.2, 0.25) is 5.91 Å². The quantitative estimate of drug-likeness (QED) is 0.444. The Kier molecular flexibility index (Phi) is 9.41. The zero-order chi connectivity index (χ0) is 21.9. The average molecular weight is 423 g/mol. The van der Waals surface area contributed by atoms with Crippen LogP contribution in [0.15, 0.2) is 54.6 Å². The fourth-order valence-corrected chi connectivity index (χ4v) is 4.49. The van der Waals surface area contributed by atoms with Crippen LogP contribution in [0.3, 0.4) is 0 Å². The zero-order valence-corrected chi connectivity index (χ0v) is 19.3. The third kappa shape index (κ3) is 7.39. The maximum absolute atomic E-state index is 12.4. The number of methoxy groups -OCH3 is 1. The van der Waals surface area contributed by atoms with E-state index in [0.29, 0.717) is 6.42 Å². The van der Waals surface area contributed by atoms with Gasteiger partial charge in [0.25, 0.3) is 0 Å². The molecule has 0 spiro atoms. The number of piperidine rings is 1. The van der Waals surface area contributed by atoms with Gasteiger partial charge in [0, 0.05) is 18.7 Å². The van der Waals surface area contributed by atoms with E-state index in [9.17, 15) is 4.79 Å². The van der Waals surface area contributed by atoms with E-state index in [1.165, 1.54) is 50.9 Å². The second kappa shape index (κ2) is 12.5. The second-order valence-electron chi connectivity index (χ2n) is 8.63. The van der Waals surface area contributed by atoms with E-state index >= 15 is 0 Å². The van der Waals surface area contributed by atoms with Crippen LogP contribution >= 0.6 is 0 Å². The summed E-state index contributed by atoms with van der Waals surface area (Å²) in [4.78, 5) is 17.0. The van der Waals surface area contributed by atoms with Crippen LogP contribution in [0.2, 0.25) is 0 Å². The first-order valence-electron chi connectivity index (χ1n) is 11.9. The molecule has 0 atom stereocenters. The topological polar surface area (TPSA) is 32.8 Å². The van der Waals surface area contributed by atoms with Gasteiger partial charge in [-0.2, -0.15) is 0 Å². The van der Waals surface area contributed by atoms with Crippen molar-refractivity contribution in [1.29, 1.82) is 0 Å². The molecule has 0 radical (unpaired) electrons. The van der Waals surface area contributed by atoms with Gasteiger partial charge in [-0.1, -0.05) is 43.7 Å². The molecule has 0 bridgehead atoms. The van der Waals surface area contributed by atoms with Crippen LogP contribution in [0.25, 0.3) is 0 Å². The molecule has 4 heteroatoms. The Hall–Kier alpha value is -2.33. The third-order valence-corrected chi connectivity index (χ3v) is 6.42. The molecule has 1 saturated heterocycles. The van der Waals surface area contributed by atoms with Crippen molar-refractivity contribution in [3.8, 4) is 5.75 Å². The second-order valence-corrected chi connectivity index (χ2v) is 8.63. The lowest BCUT2D eigenvalue weighted by Crippen LogP contribution is -2.35. The van der Waals surface area contributed by atoms with E-state index in [-0.39, 0.29) is 5.91 Å². The molecule has 3 rings (SSSR count). The highest BCUT2D eigenvalue weighted by Gasteiger charge is 2.19. The number of benzene rings is 2. The molecule has 2 aromatic carbocycles. The Morgan fingerprint density at radius 3 is 2.35 bits per heavy atom. The summed E-state index contributed by atoms with van der Waals surface area (Å²) in [5.74, 6) is 1.84. The molecule has 0 aliphatic carbocycles. The highest BCUT2D eigenvalue weighted by Crippen LogP contribution is 2.23. The molecule has 1 fully saturated rings. The Morgan fingerprint density at radius 1 is 1.00 bits per heavy atom. The number of likely N-dealkylation sites (tertiary alicyclic amines) is 1. The Balaban J connectivity index is 1.34. The number of hydrogen-bond donors (Lipinski definition) is 0. The third-order valence-electron chi connectivity index (χ3n) is 6.42. The molecule has 1 heterocycles. The molecular formula is C27H38N2O2. The van der Waals surface area contributed by atoms with E-state index in [1.807, 2.05) is 36.1 Å². The zero-order valence-electron chi connectivity index (χ0n) is 19.3. The van der Waals surface area contributed by atoms with Gasteiger partial charge in [-0.3, -0.25) is 4.79 Å². The van der Waals surface area contributed by atoms with Crippen molar-refractivity contribution in [1.82, 2.24) is 4.90 Å². The van der Waals surface area contributed by atoms with Crippen LogP contribution in [-0.4, -0.2) is 44.1 Å². The number of carbonyl (C=O) groups excluding carboxylic acids is 1. The molecule has 1 aliphatic rings. The van der Waals surface area contributed by atoms with Crippen molar-refractivity contribution in [2.75, 3.05) is 38.2 Å². The van der Waals surface area contributed by atoms with E-state index in [4.69, 9.17) is 4.74 Å². The maximum atomic E-state index is 12.4. The first-order chi connectivity index (χ1) is 15.2. The minimum atomic E-state index is 0.186. The molecule has 2 aromatic rings. The standard InChI is InChI=1S/C27H38N2O2/c1-3-27(30)29(25-12-14-26(31-2)15-13-25)19-9-5-8-18-28-20-16-24(17-21-28)22-23-10-6-4-7-11-23/h4,6-7,10-15,24H,3,5,8-9,16-22H2,1-2H3. The van der Waals surface area contributed by atoms with E-state index < -0.39 is 0 Å². The van der Waals surface area contributed by atoms with Gasteiger partial charge in [-0.05, 0) is 87.5 Å². The fourth-order valence-electron chi connectivity index (χ4n) is 4.49. The van der Waals surface area contributed by atoms with Crippen LogP contribution in [0, 0.1) is 5.92 Å². The molecule has 4 nitrogen and oxygen atoms in total. The van der Waals surface area contributed by atoms with Gasteiger partial charge in [0.1, 0.15) is 5.75 Å². The minimum absolute atomic E-state index is 0.186. The molecule has 31 heavy (non-hydrogen) atoms. The summed E-state index contributed by atoms with van der Waals surface area (Å²) < 4.78 is 5.23. The minimum Gasteiger partial charge on any atom is -0.497 e. The Morgan fingerprint density at radius 2 is 1.71 bits per heavy atom. The lowest BCUT2D eigenvalue weighted by molar-refractivity contribution is -0.118. The summed E-state index contributed by atoms with van der Waals surface area (Å²) in [6, 6.07) is 18.7. The lowest BCUT2D eigenvalue weighted by atomic mass is 9.90. The molecule has 1 aliphatic heterocycles. The number of carbonyl (C=O) groups is 1. The van der Waals surface area contributed by atoms with Crippen LogP contribution in [0.4, 0.5) is 5.69 Å². The van der Waals surface area contributed by atoms with Gasteiger partial charge in [0.15, 0.2) is 0 Å². The van der Waals surface area contributed by atoms with E-state index in [1.54, 1.807) is 7.11 Å². The van der Waals surface area contributed by atoms with Crippen LogP contribution in [-0.2, 0) is 11.2 Å². The van der Waals surface area contributed by atoms with Gasteiger partial charge in [-0.25, -0.2) is 0 Å². The highest BCUT2D eigenvalue weighted by molar-refractivity contribution is 5.93. The highest BCUT2D eigenvalue weighted by atomic mass is 16.5. The molecule has 168 valence electrons. The summed E-state index contributed by atoms with van der Waals surface area (Å²) in [5.41, 5.74) is 2.44. The number of ether oxygens (including phenoxy) is 1. The van der Waals surface area contributed by atoms with Gasteiger partial charge >= 0.3 is 0 Å². The van der Waals surface area contributed by atoms with Gasteiger partial charge < -0.3 is 14.5 Å². The van der Waals surface area contributed by atoms with E-state index in [0.717, 1.165) is 36.7 Å². The van der Waals surface area contributed by atoms with Gasteiger partial charge in [-0.15, -0.1) is 0 Å². The van der Waals surface area contributed by atoms with Crippen LogP contribution < -0.4 is 9.64 Å². The predicted octanol–water partition coefficient (Wildman–Crippen LogP) is 5.56. The summed E-state index contributed by atoms with van der Waals surface area (Å²) in [7, 11) is 1.66. The lowest BCUT2D eigenvalue weighted by Gasteiger charge is -2.32. The van der Waals surface area contributed by atoms with Crippen molar-refractivity contribution in [3.05, 3.63) is 60.2 Å². The molecule has 0 saturated carbocycles. The van der Waals surface area contributed by atoms with Crippen LogP contribution in [0.5, 0.6) is 5.75 Å². The largest absolute Gasteiger partial charge is 0.497 e. The van der Waals surface area contributed by atoms with Crippen molar-refractivity contribution in [3.63, 3.8) is 0 Å². The van der Waals surface area contributed by atoms with Crippen molar-refractivity contribution < 1.29 is 9.53 Å². The fraction of sp³-hybridized carbons (Fsp3) is 0.519. The van der Waals surface area contributed by atoms with Gasteiger partial charge in [0.05, 0.1) is 7.11 Å². The number of nitrogens with zero attached hydrogens (tertiary/aromatic N) is 2. The Labute approximate surface area is 188 Å². The smallest absolute Gasteiger partial charge is 0.226 e. The summed E-state index contributed by atoms with van der Waals surface area (Å²) in [6.45, 7) is 6.36. The van der Waals surface area contributed by atoms with Crippen molar-refractivity contribution in [2.24, 2.45) is 5.92 Å². The summed E-state index contributed by atoms with van der Waals surface area (Å²) >= 11 is 0. The maximum Gasteiger partial charge on any atom is 0.226 e. The van der Waals surface area contributed by atoms with Crippen molar-refractivity contribution >= 4 is 11.6 Å². The molecule has 0 N–H and O–H groups in total. The monoisotopic (exact) mass is 422 g/mol. The number of unbranched alkanes of at least 4 members (excludes halogenated alkanes) is 2. The normalized spacial score (nSPS) is 15.0. The van der Waals surface area contributed by atoms with E-state index in [2.05, 4.69) is 35.2 Å². The molecule has 1 amide bonds. The molecular weight excluding hydrogens is 384 g/mol. The predicted molar refractivity (Wildman–Crippen MR) is 129 cm³/mol. The summed E-state index contributed by atoms with van der Waals surface area (Å²) in [6.07, 6.45) is 7.79. The number of anilines is 1. The van der Waals surface area contributed by atoms with Crippen LogP contribution in [0.1, 0.15) is 51.0 Å². The number of rotatable bonds is 11. The first-order valence-corrected chi connectivity index (χ1v) is 11.9. The molecule has 0 aromatic heterocycles. The first kappa shape index (κ1) is 23.3. The Bertz CT molecular complexity index is 768. The number of amides is 1. The van der Waals surface area contributed by atoms with Crippen molar-refractivity contribution in [2.45, 2.75) is 51.9 Å². The summed E-state index contributed by atoms with van der Waals surface area (Å²) in [5, 5.41) is 0.